The first kappa shape index (κ1) is 18.2. The van der Waals surface area contributed by atoms with Gasteiger partial charge in [0.25, 0.3) is 0 Å². The van der Waals surface area contributed by atoms with Gasteiger partial charge in [0.2, 0.25) is 10.0 Å². The van der Waals surface area contributed by atoms with Crippen molar-refractivity contribution in [1.29, 1.82) is 0 Å². The monoisotopic (exact) mass is 372 g/mol. The van der Waals surface area contributed by atoms with Gasteiger partial charge in [-0.05, 0) is 36.6 Å². The average Bonchev–Trinajstić information content (AvgIpc) is 3.03. The Hall–Kier alpha value is -2.64. The van der Waals surface area contributed by atoms with Gasteiger partial charge < -0.3 is 9.72 Å². The van der Waals surface area contributed by atoms with Crippen LogP contribution in [0.25, 0.3) is 10.9 Å². The molecule has 0 amide bonds. The van der Waals surface area contributed by atoms with E-state index in [-0.39, 0.29) is 11.3 Å². The molecule has 0 spiro atoms. The first-order valence-electron chi connectivity index (χ1n) is 8.12. The van der Waals surface area contributed by atoms with Gasteiger partial charge in [-0.1, -0.05) is 35.9 Å². The van der Waals surface area contributed by atoms with Gasteiger partial charge in [0.15, 0.2) is 0 Å². The number of carbonyl (C=O) groups is 1. The van der Waals surface area contributed by atoms with Gasteiger partial charge in [0, 0.05) is 17.6 Å². The van der Waals surface area contributed by atoms with E-state index in [9.17, 15) is 13.2 Å². The van der Waals surface area contributed by atoms with Crippen molar-refractivity contribution < 1.29 is 17.9 Å². The Bertz CT molecular complexity index is 990. The second-order valence-electron chi connectivity index (χ2n) is 6.10. The summed E-state index contributed by atoms with van der Waals surface area (Å²) in [5, 5.41) is 0.993. The maximum absolute atomic E-state index is 12.6. The predicted molar refractivity (Wildman–Crippen MR) is 99.3 cm³/mol. The molecule has 2 N–H and O–H groups in total. The molecule has 0 saturated heterocycles. The minimum atomic E-state index is -3.85. The molecular formula is C19H20N2O4S. The van der Waals surface area contributed by atoms with Crippen molar-refractivity contribution in [1.82, 2.24) is 9.71 Å². The molecule has 2 aromatic carbocycles. The van der Waals surface area contributed by atoms with Gasteiger partial charge >= 0.3 is 5.97 Å². The Kier molecular flexibility index (Phi) is 5.11. The lowest BCUT2D eigenvalue weighted by atomic mass is 10.1. The number of aryl methyl sites for hydroxylation is 1. The minimum absolute atomic E-state index is 0.105. The molecule has 1 unspecified atom stereocenters. The Morgan fingerprint density at radius 3 is 2.50 bits per heavy atom. The third-order valence-electron chi connectivity index (χ3n) is 4.12. The Labute approximate surface area is 152 Å². The third-order valence-corrected chi connectivity index (χ3v) is 5.61. The Balaban J connectivity index is 1.86. The van der Waals surface area contributed by atoms with Crippen molar-refractivity contribution in [3.8, 4) is 0 Å². The van der Waals surface area contributed by atoms with Gasteiger partial charge in [0.05, 0.1) is 12.0 Å². The Morgan fingerprint density at radius 1 is 1.15 bits per heavy atom. The number of esters is 1. The van der Waals surface area contributed by atoms with Gasteiger partial charge in [-0.15, -0.1) is 0 Å². The molecule has 3 rings (SSSR count). The summed E-state index contributed by atoms with van der Waals surface area (Å²) in [5.74, 6) is -0.639. The molecule has 6 nitrogen and oxygen atoms in total. The van der Waals surface area contributed by atoms with Crippen LogP contribution in [0.4, 0.5) is 0 Å². The van der Waals surface area contributed by atoms with Crippen LogP contribution in [-0.4, -0.2) is 32.5 Å². The fraction of sp³-hybridized carbons (Fsp3) is 0.211. The molecule has 1 atom stereocenters. The molecule has 7 heteroatoms. The molecule has 26 heavy (non-hydrogen) atoms. The van der Waals surface area contributed by atoms with Gasteiger partial charge in [-0.2, -0.15) is 4.72 Å². The van der Waals surface area contributed by atoms with E-state index in [1.165, 1.54) is 19.2 Å². The molecule has 0 aliphatic heterocycles. The van der Waals surface area contributed by atoms with Crippen LogP contribution >= 0.6 is 0 Å². The SMILES string of the molecule is COC(=O)C(Cc1cc2ccccc2[nH]1)NS(=O)(=O)c1ccc(C)cc1. The summed E-state index contributed by atoms with van der Waals surface area (Å²) in [7, 11) is -2.61. The van der Waals surface area contributed by atoms with Crippen molar-refractivity contribution in [2.45, 2.75) is 24.3 Å². The van der Waals surface area contributed by atoms with E-state index < -0.39 is 22.0 Å². The largest absolute Gasteiger partial charge is 0.468 e. The molecule has 0 bridgehead atoms. The van der Waals surface area contributed by atoms with Crippen LogP contribution in [0, 0.1) is 6.92 Å². The molecule has 0 aliphatic rings. The normalized spacial score (nSPS) is 12.8. The van der Waals surface area contributed by atoms with E-state index in [1.54, 1.807) is 12.1 Å². The van der Waals surface area contributed by atoms with Crippen molar-refractivity contribution in [3.63, 3.8) is 0 Å². The summed E-state index contributed by atoms with van der Waals surface area (Å²) in [6.07, 6.45) is 0.159. The number of benzene rings is 2. The molecule has 136 valence electrons. The molecule has 3 aromatic rings. The number of hydrogen-bond acceptors (Lipinski definition) is 4. The number of nitrogens with one attached hydrogen (secondary N) is 2. The first-order chi connectivity index (χ1) is 12.4. The zero-order valence-corrected chi connectivity index (χ0v) is 15.3. The molecular weight excluding hydrogens is 352 g/mol. The zero-order valence-electron chi connectivity index (χ0n) is 14.5. The average molecular weight is 372 g/mol. The van der Waals surface area contributed by atoms with Crippen molar-refractivity contribution in [3.05, 3.63) is 65.9 Å². The maximum atomic E-state index is 12.6. The number of carbonyl (C=O) groups excluding carboxylic acids is 1. The summed E-state index contributed by atoms with van der Waals surface area (Å²) >= 11 is 0. The minimum Gasteiger partial charge on any atom is -0.468 e. The van der Waals surface area contributed by atoms with Crippen LogP contribution in [0.2, 0.25) is 0 Å². The highest BCUT2D eigenvalue weighted by molar-refractivity contribution is 7.89. The topological polar surface area (TPSA) is 88.3 Å². The fourth-order valence-corrected chi connectivity index (χ4v) is 3.94. The lowest BCUT2D eigenvalue weighted by molar-refractivity contribution is -0.142. The van der Waals surface area contributed by atoms with Crippen LogP contribution in [0.5, 0.6) is 0 Å². The van der Waals surface area contributed by atoms with Crippen LogP contribution in [-0.2, 0) is 26.0 Å². The van der Waals surface area contributed by atoms with E-state index >= 15 is 0 Å². The number of fused-ring (bicyclic) bond motifs is 1. The van der Waals surface area contributed by atoms with Gasteiger partial charge in [0.1, 0.15) is 6.04 Å². The summed E-state index contributed by atoms with van der Waals surface area (Å²) in [6.45, 7) is 1.87. The van der Waals surface area contributed by atoms with Crippen LogP contribution in [0.3, 0.4) is 0 Å². The zero-order chi connectivity index (χ0) is 18.7. The number of sulfonamides is 1. The summed E-state index contributed by atoms with van der Waals surface area (Å²) in [5.41, 5.74) is 2.62. The van der Waals surface area contributed by atoms with Gasteiger partial charge in [-0.25, -0.2) is 8.42 Å². The van der Waals surface area contributed by atoms with E-state index in [0.29, 0.717) is 0 Å². The third kappa shape index (κ3) is 3.95. The highest BCUT2D eigenvalue weighted by Gasteiger charge is 2.27. The summed E-state index contributed by atoms with van der Waals surface area (Å²) < 4.78 is 32.4. The number of aromatic nitrogens is 1. The van der Waals surface area contributed by atoms with Crippen LogP contribution < -0.4 is 4.72 Å². The molecule has 1 heterocycles. The number of methoxy groups -OCH3 is 1. The van der Waals surface area contributed by atoms with Crippen molar-refractivity contribution in [2.24, 2.45) is 0 Å². The smallest absolute Gasteiger partial charge is 0.324 e. The molecule has 0 fully saturated rings. The first-order valence-corrected chi connectivity index (χ1v) is 9.61. The fourth-order valence-electron chi connectivity index (χ4n) is 2.75. The number of rotatable bonds is 6. The van der Waals surface area contributed by atoms with E-state index in [1.807, 2.05) is 37.3 Å². The highest BCUT2D eigenvalue weighted by Crippen LogP contribution is 2.17. The second kappa shape index (κ2) is 7.31. The number of H-pyrrole nitrogens is 1. The number of hydrogen-bond donors (Lipinski definition) is 2. The van der Waals surface area contributed by atoms with Gasteiger partial charge in [-0.3, -0.25) is 4.79 Å². The number of para-hydroxylation sites is 1. The van der Waals surface area contributed by atoms with Crippen LogP contribution in [0.15, 0.2) is 59.5 Å². The lowest BCUT2D eigenvalue weighted by Crippen LogP contribution is -2.43. The number of aromatic amines is 1. The second-order valence-corrected chi connectivity index (χ2v) is 7.81. The van der Waals surface area contributed by atoms with E-state index in [0.717, 1.165) is 22.2 Å². The summed E-state index contributed by atoms with van der Waals surface area (Å²) in [6, 6.07) is 15.0. The highest BCUT2D eigenvalue weighted by atomic mass is 32.2. The van der Waals surface area contributed by atoms with E-state index in [4.69, 9.17) is 4.74 Å². The maximum Gasteiger partial charge on any atom is 0.324 e. The summed E-state index contributed by atoms with van der Waals surface area (Å²) in [4.78, 5) is 15.4. The molecule has 0 saturated carbocycles. The molecule has 0 radical (unpaired) electrons. The van der Waals surface area contributed by atoms with Crippen LogP contribution in [0.1, 0.15) is 11.3 Å². The molecule has 1 aromatic heterocycles. The molecule has 0 aliphatic carbocycles. The lowest BCUT2D eigenvalue weighted by Gasteiger charge is -2.16. The van der Waals surface area contributed by atoms with Crippen molar-refractivity contribution >= 4 is 26.9 Å². The Morgan fingerprint density at radius 2 is 1.85 bits per heavy atom. The standard InChI is InChI=1S/C19H20N2O4S/c1-13-7-9-16(10-8-13)26(23,24)21-18(19(22)25-2)12-15-11-14-5-3-4-6-17(14)20-15/h3-11,18,20-21H,12H2,1-2H3. The predicted octanol–water partition coefficient (Wildman–Crippen LogP) is 2.54. The quantitative estimate of drug-likeness (QED) is 0.651. The van der Waals surface area contributed by atoms with E-state index in [2.05, 4.69) is 9.71 Å². The van der Waals surface area contributed by atoms with Crippen molar-refractivity contribution in [2.75, 3.05) is 7.11 Å². The number of ether oxygens (including phenoxy) is 1.